The van der Waals surface area contributed by atoms with Crippen molar-refractivity contribution >= 4 is 91.3 Å². The molecule has 4 aromatic carbocycles. The van der Waals surface area contributed by atoms with Crippen LogP contribution in [0.25, 0.3) is 12.2 Å². The predicted molar refractivity (Wildman–Crippen MR) is 217 cm³/mol. The first-order chi connectivity index (χ1) is 27.6. The SMILES string of the molecule is CNc1nc(Nc2c[c-]c(/C=C/c3ccc(Nc4nc(NC)nc(Nc5ccc(C(C)(N)O)cc5)n4)cc3S(=O)(=O)[O-])cc2)nc(Nc2ccccc2)n1.O=S(=O)=O.[Na+].[Na+]. The predicted octanol–water partition coefficient (Wildman–Crippen LogP) is -1.88. The number of para-hydroxylation sites is 1. The number of anilines is 10. The monoisotopic (exact) mass is 871 g/mol. The Hall–Kier alpha value is -5.11. The van der Waals surface area contributed by atoms with E-state index in [1.165, 1.54) is 25.1 Å². The molecule has 0 fully saturated rings. The molecule has 20 nitrogen and oxygen atoms in total. The minimum atomic E-state index is -4.89. The Balaban J connectivity index is 0.00000153. The maximum atomic E-state index is 12.4. The van der Waals surface area contributed by atoms with Crippen LogP contribution in [-0.2, 0) is 26.5 Å². The summed E-state index contributed by atoms with van der Waals surface area (Å²) in [6.07, 6.45) is 3.15. The van der Waals surface area contributed by atoms with Gasteiger partial charge in [0.25, 0.3) is 0 Å². The summed E-state index contributed by atoms with van der Waals surface area (Å²) in [7, 11) is -4.67. The molecular weight excluding hydrogens is 837 g/mol. The van der Waals surface area contributed by atoms with Crippen LogP contribution in [-0.4, -0.2) is 74.7 Å². The van der Waals surface area contributed by atoms with E-state index in [0.29, 0.717) is 40.3 Å². The number of hydrogen-bond donors (Lipinski definition) is 8. The normalized spacial score (nSPS) is 11.6. The topological polar surface area (TPSA) is 304 Å². The molecule has 1 atom stereocenters. The molecule has 0 bridgehead atoms. The van der Waals surface area contributed by atoms with Crippen molar-refractivity contribution in [1.82, 2.24) is 29.9 Å². The Morgan fingerprint density at radius 1 is 0.667 bits per heavy atom. The van der Waals surface area contributed by atoms with E-state index in [0.717, 1.165) is 5.69 Å². The van der Waals surface area contributed by atoms with Crippen molar-refractivity contribution in [2.45, 2.75) is 17.5 Å². The van der Waals surface area contributed by atoms with Gasteiger partial charge in [-0.15, -0.1) is 43.0 Å². The second-order valence-electron chi connectivity index (χ2n) is 12.0. The summed E-state index contributed by atoms with van der Waals surface area (Å²) < 4.78 is 62.4. The van der Waals surface area contributed by atoms with Gasteiger partial charge in [0.1, 0.15) is 15.8 Å². The van der Waals surface area contributed by atoms with Gasteiger partial charge in [0, 0.05) is 31.2 Å². The van der Waals surface area contributed by atoms with Gasteiger partial charge in [-0.3, -0.25) is 0 Å². The summed E-state index contributed by atoms with van der Waals surface area (Å²) in [6.45, 7) is 1.47. The number of nitrogens with one attached hydrogen (secondary N) is 6. The van der Waals surface area contributed by atoms with Crippen molar-refractivity contribution in [2.24, 2.45) is 5.73 Å². The van der Waals surface area contributed by atoms with Gasteiger partial charge < -0.3 is 47.3 Å². The third-order valence-corrected chi connectivity index (χ3v) is 8.44. The first kappa shape index (κ1) is 49.3. The van der Waals surface area contributed by atoms with Gasteiger partial charge in [-0.1, -0.05) is 42.5 Å². The van der Waals surface area contributed by atoms with Crippen LogP contribution in [0.5, 0.6) is 0 Å². The Labute approximate surface area is 390 Å². The van der Waals surface area contributed by atoms with Gasteiger partial charge >= 0.3 is 69.7 Å². The van der Waals surface area contributed by atoms with Crippen molar-refractivity contribution in [3.8, 4) is 0 Å². The van der Waals surface area contributed by atoms with E-state index in [1.54, 1.807) is 68.7 Å². The summed E-state index contributed by atoms with van der Waals surface area (Å²) in [5.41, 5.74) is 7.87. The van der Waals surface area contributed by atoms with Crippen molar-refractivity contribution < 1.29 is 89.8 Å². The van der Waals surface area contributed by atoms with Crippen molar-refractivity contribution in [3.05, 3.63) is 114 Å². The first-order valence-corrected chi connectivity index (χ1v) is 19.2. The summed E-state index contributed by atoms with van der Waals surface area (Å²) in [5.74, 6) is 1.45. The maximum absolute atomic E-state index is 12.4. The molecular formula is C36H35N13Na2O7S2. The van der Waals surface area contributed by atoms with Crippen LogP contribution in [0.4, 0.5) is 58.4 Å². The molecule has 6 rings (SSSR count). The summed E-state index contributed by atoms with van der Waals surface area (Å²) in [6, 6.07) is 28.8. The Bertz CT molecular complexity index is 2620. The minimum Gasteiger partial charge on any atom is -0.744 e. The molecule has 0 aliphatic rings. The average Bonchev–Trinajstić information content (AvgIpc) is 3.17. The average molecular weight is 872 g/mol. The largest absolute Gasteiger partial charge is 1.00 e. The van der Waals surface area contributed by atoms with Gasteiger partial charge in [0.05, 0.1) is 4.90 Å². The van der Waals surface area contributed by atoms with E-state index in [1.807, 2.05) is 30.3 Å². The number of aliphatic hydroxyl groups is 1. The zero-order chi connectivity index (χ0) is 41.9. The molecule has 2 aromatic heterocycles. The fraction of sp³-hybridized carbons (Fsp3) is 0.111. The van der Waals surface area contributed by atoms with Gasteiger partial charge in [-0.2, -0.15) is 35.5 Å². The van der Waals surface area contributed by atoms with Gasteiger partial charge in [0.2, 0.25) is 35.7 Å². The van der Waals surface area contributed by atoms with Crippen LogP contribution in [0.15, 0.2) is 95.9 Å². The van der Waals surface area contributed by atoms with Crippen molar-refractivity contribution in [3.63, 3.8) is 0 Å². The number of aromatic nitrogens is 6. The zero-order valence-electron chi connectivity index (χ0n) is 32.8. The van der Waals surface area contributed by atoms with E-state index in [-0.39, 0.29) is 88.2 Å². The second kappa shape index (κ2) is 22.5. The molecule has 300 valence electrons. The zero-order valence-corrected chi connectivity index (χ0v) is 38.4. The molecule has 6 aromatic rings. The summed E-state index contributed by atoms with van der Waals surface area (Å²) in [4.78, 5) is 25.7. The molecule has 2 heterocycles. The van der Waals surface area contributed by atoms with Crippen LogP contribution < -0.4 is 96.7 Å². The molecule has 9 N–H and O–H groups in total. The third kappa shape index (κ3) is 15.2. The van der Waals surface area contributed by atoms with Crippen molar-refractivity contribution in [1.29, 1.82) is 0 Å². The molecule has 0 amide bonds. The molecule has 0 saturated heterocycles. The standard InChI is InChI=1S/C36H36N13O4S.2Na.O3S/c1-36(37,50)24-14-19-27(20-15-24)42-34-46-31(39-3)47-35(49-34)43-28-18-13-23(29(21-28)54(51,52)53)12-9-22-10-16-26(17-11-22)41-33-45-30(38-2)44-32(48-33)40-25-7-5-4-6-8-25;;;1-4(2)3/h4-10,12-21,50H,37H2,1-3H3,(H,51,52,53)(H3,38,40,41,44,45,48)(H3,39,42,43,46,47,49);;;/q-1;2*+1;/p-1/b12-9+;;;. The molecule has 60 heavy (non-hydrogen) atoms. The van der Waals surface area contributed by atoms with Gasteiger partial charge in [-0.05, 0) is 60.1 Å². The van der Waals surface area contributed by atoms with Gasteiger partial charge in [0.15, 0.2) is 0 Å². The Kier molecular flexibility index (Phi) is 18.5. The number of nitrogens with two attached hydrogens (primary N) is 1. The maximum Gasteiger partial charge on any atom is 1.00 e. The smallest absolute Gasteiger partial charge is 0.744 e. The van der Waals surface area contributed by atoms with Gasteiger partial charge in [-0.25, -0.2) is 8.42 Å². The molecule has 0 radical (unpaired) electrons. The second-order valence-corrected chi connectivity index (χ2v) is 13.7. The summed E-state index contributed by atoms with van der Waals surface area (Å²) >= 11 is 0. The summed E-state index contributed by atoms with van der Waals surface area (Å²) in [5, 5.41) is 28.1. The van der Waals surface area contributed by atoms with E-state index >= 15 is 0 Å². The minimum absolute atomic E-state index is 0. The number of hydrogen-bond acceptors (Lipinski definition) is 20. The first-order valence-electron chi connectivity index (χ1n) is 16.8. The Morgan fingerprint density at radius 3 is 1.55 bits per heavy atom. The third-order valence-electron chi connectivity index (χ3n) is 7.55. The van der Waals surface area contributed by atoms with Crippen LogP contribution in [0.2, 0.25) is 0 Å². The van der Waals surface area contributed by atoms with E-state index in [2.05, 4.69) is 67.9 Å². The fourth-order valence-electron chi connectivity index (χ4n) is 4.89. The number of nitrogens with zero attached hydrogens (tertiary/aromatic N) is 6. The molecule has 0 spiro atoms. The van der Waals surface area contributed by atoms with Crippen LogP contribution in [0.3, 0.4) is 0 Å². The molecule has 0 aliphatic heterocycles. The van der Waals surface area contributed by atoms with Crippen LogP contribution >= 0.6 is 0 Å². The van der Waals surface area contributed by atoms with E-state index < -0.39 is 31.3 Å². The van der Waals surface area contributed by atoms with Crippen LogP contribution in [0.1, 0.15) is 23.6 Å². The van der Waals surface area contributed by atoms with Crippen molar-refractivity contribution in [2.75, 3.05) is 46.0 Å². The molecule has 1 unspecified atom stereocenters. The van der Waals surface area contributed by atoms with E-state index in [9.17, 15) is 18.1 Å². The number of rotatable bonds is 14. The van der Waals surface area contributed by atoms with Crippen LogP contribution in [0, 0.1) is 6.07 Å². The number of benzene rings is 4. The molecule has 0 aliphatic carbocycles. The molecule has 24 heteroatoms. The molecule has 0 saturated carbocycles. The van der Waals surface area contributed by atoms with E-state index in [4.69, 9.17) is 18.4 Å². The quantitative estimate of drug-likeness (QED) is 0.0195. The Morgan fingerprint density at radius 2 is 1.10 bits per heavy atom. The fourth-order valence-corrected chi connectivity index (χ4v) is 5.59.